The average molecular weight is 465 g/mol. The van der Waals surface area contributed by atoms with Gasteiger partial charge < -0.3 is 5.48 Å². The number of hydrogen-bond acceptors (Lipinski definition) is 0. The normalized spacial score (nSPS) is 6.29. The Bertz CT molecular complexity index is 11.7. The number of rotatable bonds is 0. The third-order valence-corrected chi connectivity index (χ3v) is 0. The third-order valence-electron chi connectivity index (χ3n) is 0. The molecule has 1 nitrogen and oxygen atoms in total. The standard InChI is InChI=1S/4BrH.2Cu.H2O/h4*1H;;;1H2/q;;;;2*+2;/p-4. The van der Waals surface area contributed by atoms with Gasteiger partial charge in [0.25, 0.3) is 0 Å². The van der Waals surface area contributed by atoms with Crippen molar-refractivity contribution in [1.29, 1.82) is 0 Å². The van der Waals surface area contributed by atoms with E-state index in [-0.39, 0.29) is 5.48 Å². The van der Waals surface area contributed by atoms with Crippen molar-refractivity contribution in [2.75, 3.05) is 0 Å². The zero-order valence-electron chi connectivity index (χ0n) is 2.61. The van der Waals surface area contributed by atoms with Crippen LogP contribution in [0.4, 0.5) is 0 Å². The summed E-state index contributed by atoms with van der Waals surface area (Å²) in [6.07, 6.45) is 0. The second-order valence-electron chi connectivity index (χ2n) is 0.0861. The Morgan fingerprint density at radius 3 is 0.714 bits per heavy atom. The van der Waals surface area contributed by atoms with Crippen LogP contribution in [-0.4, -0.2) is 5.48 Å². The van der Waals surface area contributed by atoms with Gasteiger partial charge in [-0.05, 0) is 0 Å². The molecule has 0 aliphatic rings. The molecule has 58 valence electrons. The Labute approximate surface area is 83.2 Å². The molecule has 0 spiro atoms. The van der Waals surface area contributed by atoms with Crippen molar-refractivity contribution in [2.45, 2.75) is 0 Å². The molecule has 7 heteroatoms. The second kappa shape index (κ2) is 23.1. The van der Waals surface area contributed by atoms with Crippen LogP contribution in [0.2, 0.25) is 0 Å². The van der Waals surface area contributed by atoms with Crippen molar-refractivity contribution >= 4 is 56.4 Å². The van der Waals surface area contributed by atoms with Crippen LogP contribution in [-0.2, 0) is 22.7 Å². The molecule has 0 heterocycles. The molecule has 0 fully saturated rings. The first kappa shape index (κ1) is 16.5. The van der Waals surface area contributed by atoms with E-state index in [1.165, 1.54) is 22.7 Å². The van der Waals surface area contributed by atoms with E-state index in [1.54, 1.807) is 0 Å². The zero-order valence-corrected chi connectivity index (χ0v) is 10.8. The Morgan fingerprint density at radius 2 is 0.714 bits per heavy atom. The van der Waals surface area contributed by atoms with Gasteiger partial charge in [0.05, 0.1) is 0 Å². The van der Waals surface area contributed by atoms with Gasteiger partial charge in [0, 0.05) is 0 Å². The van der Waals surface area contributed by atoms with Crippen molar-refractivity contribution < 1.29 is 28.2 Å². The van der Waals surface area contributed by atoms with Gasteiger partial charge in [0.1, 0.15) is 0 Å². The van der Waals surface area contributed by atoms with E-state index in [2.05, 4.69) is 56.4 Å². The molecule has 0 radical (unpaired) electrons. The number of hydrogen-bond donors (Lipinski definition) is 0. The van der Waals surface area contributed by atoms with E-state index in [1.807, 2.05) is 0 Å². The molecule has 7 heavy (non-hydrogen) atoms. The van der Waals surface area contributed by atoms with E-state index in [9.17, 15) is 0 Å². The Kier molecular flexibility index (Phi) is 54.4. The predicted octanol–water partition coefficient (Wildman–Crippen LogP) is 2.55. The minimum atomic E-state index is 0. The summed E-state index contributed by atoms with van der Waals surface area (Å²) >= 11 is 14.8. The summed E-state index contributed by atoms with van der Waals surface area (Å²) in [7, 11) is 0. The first-order valence-electron chi connectivity index (χ1n) is 0.456. The molecule has 0 unspecified atom stereocenters. The van der Waals surface area contributed by atoms with Crippen LogP contribution < -0.4 is 0 Å². The zero-order chi connectivity index (χ0) is 5.41. The van der Waals surface area contributed by atoms with Crippen LogP contribution >= 0.6 is 56.4 Å². The number of halogens is 4. The molecular weight excluding hydrogens is 463 g/mol. The maximum atomic E-state index is 2.97. The Morgan fingerprint density at radius 1 is 0.714 bits per heavy atom. The van der Waals surface area contributed by atoms with Gasteiger partial charge in [0.2, 0.25) is 0 Å². The van der Waals surface area contributed by atoms with E-state index in [0.29, 0.717) is 0 Å². The monoisotopic (exact) mass is 460 g/mol. The Hall–Kier alpha value is 2.92. The van der Waals surface area contributed by atoms with Crippen LogP contribution in [0.25, 0.3) is 0 Å². The maximum absolute atomic E-state index is 2.97. The SMILES string of the molecule is O.[Br][Cu][Br].[Br][Cu][Br]. The average Bonchev–Trinajstić information content (AvgIpc) is 1.39. The molecule has 0 aromatic rings. The van der Waals surface area contributed by atoms with Crippen molar-refractivity contribution in [2.24, 2.45) is 0 Å². The predicted molar refractivity (Wildman–Crippen MR) is 39.3 cm³/mol. The molecule has 0 aromatic carbocycles. The van der Waals surface area contributed by atoms with E-state index in [4.69, 9.17) is 0 Å². The van der Waals surface area contributed by atoms with Gasteiger partial charge in [-0.15, -0.1) is 0 Å². The first-order chi connectivity index (χ1) is 2.83. The molecule has 0 amide bonds. The van der Waals surface area contributed by atoms with Gasteiger partial charge in [-0.2, -0.15) is 0 Å². The van der Waals surface area contributed by atoms with Gasteiger partial charge in [-0.3, -0.25) is 0 Å². The minimum absolute atomic E-state index is 0. The van der Waals surface area contributed by atoms with Crippen molar-refractivity contribution in [1.82, 2.24) is 0 Å². The summed E-state index contributed by atoms with van der Waals surface area (Å²) in [6, 6.07) is 0. The third kappa shape index (κ3) is 50.1. The fourth-order valence-electron chi connectivity index (χ4n) is 0. The second-order valence-corrected chi connectivity index (χ2v) is 9.59. The Balaban J connectivity index is -0.0000000400. The van der Waals surface area contributed by atoms with Crippen molar-refractivity contribution in [3.8, 4) is 0 Å². The molecule has 0 saturated carbocycles. The van der Waals surface area contributed by atoms with E-state index < -0.39 is 0 Å². The fourth-order valence-corrected chi connectivity index (χ4v) is 0. The van der Waals surface area contributed by atoms with Gasteiger partial charge >= 0.3 is 79.1 Å². The first-order valence-corrected chi connectivity index (χ1v) is 9.77. The van der Waals surface area contributed by atoms with Crippen LogP contribution in [0.5, 0.6) is 0 Å². The summed E-state index contributed by atoms with van der Waals surface area (Å²) in [6.45, 7) is 0. The fraction of sp³-hybridized carbons (Fsp3) is 0. The molecule has 0 aliphatic carbocycles. The van der Waals surface area contributed by atoms with Crippen molar-refractivity contribution in [3.63, 3.8) is 0 Å². The molecule has 0 aliphatic heterocycles. The van der Waals surface area contributed by atoms with Gasteiger partial charge in [-0.25, -0.2) is 0 Å². The summed E-state index contributed by atoms with van der Waals surface area (Å²) < 4.78 is 0. The molecule has 0 saturated heterocycles. The van der Waals surface area contributed by atoms with Crippen LogP contribution in [0.15, 0.2) is 0 Å². The quantitative estimate of drug-likeness (QED) is 0.494. The molecule has 2 N–H and O–H groups in total. The van der Waals surface area contributed by atoms with Crippen LogP contribution in [0, 0.1) is 0 Å². The summed E-state index contributed by atoms with van der Waals surface area (Å²) in [5, 5.41) is 0. The molecular formula is H2Br4Cu2O. The summed E-state index contributed by atoms with van der Waals surface area (Å²) in [5.74, 6) is 0. The van der Waals surface area contributed by atoms with Gasteiger partial charge in [0.15, 0.2) is 0 Å². The molecule has 0 aromatic heterocycles. The molecule has 0 atom stereocenters. The summed E-state index contributed by atoms with van der Waals surface area (Å²) in [4.78, 5) is 0. The van der Waals surface area contributed by atoms with E-state index in [0.717, 1.165) is 0 Å². The van der Waals surface area contributed by atoms with Crippen LogP contribution in [0.3, 0.4) is 0 Å². The van der Waals surface area contributed by atoms with Crippen LogP contribution in [0.1, 0.15) is 0 Å². The summed E-state index contributed by atoms with van der Waals surface area (Å²) in [5.41, 5.74) is 0. The van der Waals surface area contributed by atoms with Gasteiger partial charge in [-0.1, -0.05) is 0 Å². The van der Waals surface area contributed by atoms with E-state index >= 15 is 0 Å². The molecule has 0 bridgehead atoms. The molecule has 0 rings (SSSR count). The van der Waals surface area contributed by atoms with Crippen molar-refractivity contribution in [3.05, 3.63) is 0 Å². The topological polar surface area (TPSA) is 31.5 Å².